The molecular formula is C11H19N3OS. The molecule has 1 spiro atoms. The number of thioether (sulfide) groups is 1. The maximum Gasteiger partial charge on any atom is 0.254 e. The Morgan fingerprint density at radius 1 is 1.38 bits per heavy atom. The maximum absolute atomic E-state index is 12.0. The molecule has 0 unspecified atom stereocenters. The van der Waals surface area contributed by atoms with Crippen LogP contribution in [0.2, 0.25) is 0 Å². The van der Waals surface area contributed by atoms with E-state index in [0.717, 1.165) is 24.3 Å². The fraction of sp³-hybridized carbons (Fsp3) is 0.818. The van der Waals surface area contributed by atoms with E-state index in [1.165, 1.54) is 0 Å². The zero-order chi connectivity index (χ0) is 11.8. The molecule has 2 aliphatic rings. The number of amides is 1. The summed E-state index contributed by atoms with van der Waals surface area (Å²) in [5.74, 6) is 2.77. The number of hydrogen-bond acceptors (Lipinski definition) is 4. The molecule has 1 fully saturated rings. The number of nitrogens with one attached hydrogen (secondary N) is 2. The highest BCUT2D eigenvalue weighted by atomic mass is 32.2. The van der Waals surface area contributed by atoms with Gasteiger partial charge >= 0.3 is 0 Å². The SMILES string of the molecule is CC(C)(C)NC1=NC2(CCSCC2)C(=O)N1. The van der Waals surface area contributed by atoms with Crippen molar-refractivity contribution in [3.05, 3.63) is 0 Å². The van der Waals surface area contributed by atoms with Gasteiger partial charge in [0.2, 0.25) is 0 Å². The Labute approximate surface area is 101 Å². The van der Waals surface area contributed by atoms with Gasteiger partial charge in [0, 0.05) is 5.54 Å². The molecule has 0 atom stereocenters. The molecule has 1 amide bonds. The monoisotopic (exact) mass is 241 g/mol. The van der Waals surface area contributed by atoms with Gasteiger partial charge in [-0.05, 0) is 45.1 Å². The summed E-state index contributed by atoms with van der Waals surface area (Å²) in [7, 11) is 0. The minimum Gasteiger partial charge on any atom is -0.351 e. The fourth-order valence-electron chi connectivity index (χ4n) is 1.98. The number of hydrogen-bond donors (Lipinski definition) is 2. The first-order chi connectivity index (χ1) is 7.41. The van der Waals surface area contributed by atoms with Gasteiger partial charge in [-0.3, -0.25) is 10.1 Å². The zero-order valence-corrected chi connectivity index (χ0v) is 10.9. The van der Waals surface area contributed by atoms with Crippen LogP contribution >= 0.6 is 11.8 Å². The minimum absolute atomic E-state index is 0.0684. The van der Waals surface area contributed by atoms with E-state index in [-0.39, 0.29) is 11.4 Å². The maximum atomic E-state index is 12.0. The topological polar surface area (TPSA) is 53.5 Å². The lowest BCUT2D eigenvalue weighted by Gasteiger charge is -2.26. The minimum atomic E-state index is -0.473. The number of nitrogens with zero attached hydrogens (tertiary/aromatic N) is 1. The van der Waals surface area contributed by atoms with Gasteiger partial charge in [-0.15, -0.1) is 0 Å². The molecule has 16 heavy (non-hydrogen) atoms. The molecule has 0 aromatic carbocycles. The number of carbonyl (C=O) groups is 1. The smallest absolute Gasteiger partial charge is 0.254 e. The van der Waals surface area contributed by atoms with E-state index >= 15 is 0 Å². The Kier molecular flexibility index (Phi) is 2.90. The molecule has 0 bridgehead atoms. The van der Waals surface area contributed by atoms with Crippen molar-refractivity contribution in [2.45, 2.75) is 44.7 Å². The zero-order valence-electron chi connectivity index (χ0n) is 10.1. The van der Waals surface area contributed by atoms with Crippen LogP contribution in [-0.4, -0.2) is 34.5 Å². The van der Waals surface area contributed by atoms with Crippen LogP contribution in [0.25, 0.3) is 0 Å². The lowest BCUT2D eigenvalue weighted by Crippen LogP contribution is -2.48. The Balaban J connectivity index is 2.13. The van der Waals surface area contributed by atoms with Crippen molar-refractivity contribution in [2.75, 3.05) is 11.5 Å². The third kappa shape index (κ3) is 2.34. The van der Waals surface area contributed by atoms with Crippen LogP contribution in [0.4, 0.5) is 0 Å². The Bertz CT molecular complexity index is 327. The van der Waals surface area contributed by atoms with Gasteiger partial charge in [-0.2, -0.15) is 11.8 Å². The summed E-state index contributed by atoms with van der Waals surface area (Å²) in [6.07, 6.45) is 1.72. The van der Waals surface area contributed by atoms with E-state index in [1.54, 1.807) is 0 Å². The molecule has 1 saturated heterocycles. The predicted octanol–water partition coefficient (Wildman–Crippen LogP) is 1.13. The van der Waals surface area contributed by atoms with Crippen molar-refractivity contribution in [3.8, 4) is 0 Å². The molecule has 2 heterocycles. The molecular weight excluding hydrogens is 222 g/mol. The third-order valence-corrected chi connectivity index (χ3v) is 3.78. The van der Waals surface area contributed by atoms with Gasteiger partial charge in [0.15, 0.2) is 5.96 Å². The average Bonchev–Trinajstić information content (AvgIpc) is 2.41. The summed E-state index contributed by atoms with van der Waals surface area (Å²) in [6, 6.07) is 0. The summed E-state index contributed by atoms with van der Waals surface area (Å²) < 4.78 is 0. The molecule has 0 aromatic rings. The first-order valence-corrected chi connectivity index (χ1v) is 6.84. The van der Waals surface area contributed by atoms with Crippen LogP contribution in [0.5, 0.6) is 0 Å². The summed E-state index contributed by atoms with van der Waals surface area (Å²) in [5, 5.41) is 6.09. The molecule has 0 saturated carbocycles. The summed E-state index contributed by atoms with van der Waals surface area (Å²) in [4.78, 5) is 16.5. The van der Waals surface area contributed by atoms with Crippen LogP contribution < -0.4 is 10.6 Å². The van der Waals surface area contributed by atoms with Crippen LogP contribution in [0.3, 0.4) is 0 Å². The lowest BCUT2D eigenvalue weighted by atomic mass is 9.93. The van der Waals surface area contributed by atoms with Crippen molar-refractivity contribution in [2.24, 2.45) is 4.99 Å². The molecule has 2 N–H and O–H groups in total. The second-order valence-corrected chi connectivity index (χ2v) is 6.66. The molecule has 0 aliphatic carbocycles. The Morgan fingerprint density at radius 2 is 2.00 bits per heavy atom. The average molecular weight is 241 g/mol. The van der Waals surface area contributed by atoms with E-state index in [1.807, 2.05) is 11.8 Å². The molecule has 90 valence electrons. The number of aliphatic imine (C=N–C) groups is 1. The number of guanidine groups is 1. The summed E-state index contributed by atoms with van der Waals surface area (Å²) >= 11 is 1.90. The molecule has 5 heteroatoms. The first-order valence-electron chi connectivity index (χ1n) is 5.69. The molecule has 2 rings (SSSR count). The standard InChI is InChI=1S/C11H19N3OS/c1-10(2,3)13-9-12-8(15)11(14-9)4-6-16-7-5-11/h4-7H2,1-3H3,(H2,12,13,14,15). The van der Waals surface area contributed by atoms with Gasteiger partial charge in [-0.1, -0.05) is 0 Å². The van der Waals surface area contributed by atoms with Crippen LogP contribution in [0.1, 0.15) is 33.6 Å². The molecule has 0 aromatic heterocycles. The van der Waals surface area contributed by atoms with E-state index in [4.69, 9.17) is 0 Å². The van der Waals surface area contributed by atoms with Crippen molar-refractivity contribution in [1.82, 2.24) is 10.6 Å². The van der Waals surface area contributed by atoms with Gasteiger partial charge in [0.05, 0.1) is 0 Å². The van der Waals surface area contributed by atoms with Gasteiger partial charge in [0.1, 0.15) is 5.54 Å². The van der Waals surface area contributed by atoms with Crippen molar-refractivity contribution >= 4 is 23.6 Å². The fourth-order valence-corrected chi connectivity index (χ4v) is 3.15. The summed E-state index contributed by atoms with van der Waals surface area (Å²) in [5.41, 5.74) is -0.542. The molecule has 2 aliphatic heterocycles. The van der Waals surface area contributed by atoms with Crippen molar-refractivity contribution < 1.29 is 4.79 Å². The van der Waals surface area contributed by atoms with E-state index in [2.05, 4.69) is 36.4 Å². The summed E-state index contributed by atoms with van der Waals surface area (Å²) in [6.45, 7) is 6.18. The van der Waals surface area contributed by atoms with E-state index in [0.29, 0.717) is 5.96 Å². The largest absolute Gasteiger partial charge is 0.351 e. The quantitative estimate of drug-likeness (QED) is 0.668. The molecule has 4 nitrogen and oxygen atoms in total. The van der Waals surface area contributed by atoms with Crippen molar-refractivity contribution in [1.29, 1.82) is 0 Å². The van der Waals surface area contributed by atoms with Gasteiger partial charge < -0.3 is 5.32 Å². The van der Waals surface area contributed by atoms with E-state index in [9.17, 15) is 4.79 Å². The number of rotatable bonds is 0. The lowest BCUT2D eigenvalue weighted by molar-refractivity contribution is -0.124. The highest BCUT2D eigenvalue weighted by Crippen LogP contribution is 2.33. The van der Waals surface area contributed by atoms with Gasteiger partial charge in [-0.25, -0.2) is 4.99 Å². The van der Waals surface area contributed by atoms with Gasteiger partial charge in [0.25, 0.3) is 5.91 Å². The van der Waals surface area contributed by atoms with Crippen LogP contribution in [0.15, 0.2) is 4.99 Å². The number of carbonyl (C=O) groups excluding carboxylic acids is 1. The highest BCUT2D eigenvalue weighted by molar-refractivity contribution is 7.99. The Morgan fingerprint density at radius 3 is 2.56 bits per heavy atom. The second-order valence-electron chi connectivity index (χ2n) is 5.43. The normalized spacial score (nSPS) is 24.2. The van der Waals surface area contributed by atoms with Crippen molar-refractivity contribution in [3.63, 3.8) is 0 Å². The van der Waals surface area contributed by atoms with Crippen LogP contribution in [0, 0.1) is 0 Å². The third-order valence-electron chi connectivity index (χ3n) is 2.79. The highest BCUT2D eigenvalue weighted by Gasteiger charge is 2.44. The predicted molar refractivity (Wildman–Crippen MR) is 67.8 cm³/mol. The van der Waals surface area contributed by atoms with E-state index < -0.39 is 5.54 Å². The molecule has 0 radical (unpaired) electrons. The first kappa shape index (κ1) is 11.8. The Hall–Kier alpha value is -0.710. The van der Waals surface area contributed by atoms with Crippen LogP contribution in [-0.2, 0) is 4.79 Å². The second kappa shape index (κ2) is 3.95.